The summed E-state index contributed by atoms with van der Waals surface area (Å²) in [4.78, 5) is 11.6. The second-order valence-corrected chi connectivity index (χ2v) is 4.82. The van der Waals surface area contributed by atoms with E-state index in [-0.39, 0.29) is 12.5 Å². The van der Waals surface area contributed by atoms with Crippen LogP contribution in [0.1, 0.15) is 18.1 Å². The SMILES string of the molecule is CCc1ccc(OCC(=O)NN=CCc2ccccc2)cc1. The maximum Gasteiger partial charge on any atom is 0.277 e. The molecule has 22 heavy (non-hydrogen) atoms. The number of carbonyl (C=O) groups is 1. The first-order valence-corrected chi connectivity index (χ1v) is 7.34. The molecule has 0 aliphatic rings. The zero-order valence-corrected chi connectivity index (χ0v) is 12.7. The van der Waals surface area contributed by atoms with Crippen molar-refractivity contribution in [3.63, 3.8) is 0 Å². The fraction of sp³-hybridized carbons (Fsp3) is 0.222. The molecular weight excluding hydrogens is 276 g/mol. The minimum Gasteiger partial charge on any atom is -0.484 e. The lowest BCUT2D eigenvalue weighted by Gasteiger charge is -2.05. The Morgan fingerprint density at radius 2 is 1.82 bits per heavy atom. The summed E-state index contributed by atoms with van der Waals surface area (Å²) in [7, 11) is 0. The maximum absolute atomic E-state index is 11.6. The van der Waals surface area contributed by atoms with Gasteiger partial charge in [-0.15, -0.1) is 0 Å². The molecule has 0 aliphatic carbocycles. The van der Waals surface area contributed by atoms with Gasteiger partial charge in [-0.2, -0.15) is 5.10 Å². The summed E-state index contributed by atoms with van der Waals surface area (Å²) < 4.78 is 5.40. The highest BCUT2D eigenvalue weighted by Crippen LogP contribution is 2.12. The first-order valence-electron chi connectivity index (χ1n) is 7.34. The maximum atomic E-state index is 11.6. The van der Waals surface area contributed by atoms with E-state index < -0.39 is 0 Å². The van der Waals surface area contributed by atoms with E-state index in [2.05, 4.69) is 17.5 Å². The Morgan fingerprint density at radius 1 is 1.09 bits per heavy atom. The second kappa shape index (κ2) is 8.62. The molecule has 0 unspecified atom stereocenters. The third kappa shape index (κ3) is 5.40. The van der Waals surface area contributed by atoms with E-state index in [0.717, 1.165) is 12.0 Å². The molecule has 2 aromatic carbocycles. The standard InChI is InChI=1S/C18H20N2O2/c1-2-15-8-10-17(11-9-15)22-14-18(21)20-19-13-12-16-6-4-3-5-7-16/h3-11,13H,2,12,14H2,1H3,(H,20,21). The lowest BCUT2D eigenvalue weighted by Crippen LogP contribution is -2.24. The van der Waals surface area contributed by atoms with Gasteiger partial charge < -0.3 is 4.74 Å². The molecule has 0 radical (unpaired) electrons. The molecule has 0 bridgehead atoms. The van der Waals surface area contributed by atoms with Crippen LogP contribution in [0.4, 0.5) is 0 Å². The molecule has 0 atom stereocenters. The van der Waals surface area contributed by atoms with E-state index in [9.17, 15) is 4.79 Å². The molecule has 0 fully saturated rings. The lowest BCUT2D eigenvalue weighted by molar-refractivity contribution is -0.123. The monoisotopic (exact) mass is 296 g/mol. The zero-order chi connectivity index (χ0) is 15.6. The molecule has 0 aromatic heterocycles. The van der Waals surface area contributed by atoms with Crippen molar-refractivity contribution in [3.05, 3.63) is 65.7 Å². The molecule has 0 aliphatic heterocycles. The molecule has 0 saturated heterocycles. The van der Waals surface area contributed by atoms with Crippen LogP contribution in [-0.4, -0.2) is 18.7 Å². The highest BCUT2D eigenvalue weighted by Gasteiger charge is 2.01. The summed E-state index contributed by atoms with van der Waals surface area (Å²) >= 11 is 0. The highest BCUT2D eigenvalue weighted by atomic mass is 16.5. The predicted molar refractivity (Wildman–Crippen MR) is 88.1 cm³/mol. The van der Waals surface area contributed by atoms with Gasteiger partial charge in [-0.1, -0.05) is 49.4 Å². The number of hydrogen-bond acceptors (Lipinski definition) is 3. The molecule has 2 aromatic rings. The van der Waals surface area contributed by atoms with Gasteiger partial charge in [0.2, 0.25) is 0 Å². The van der Waals surface area contributed by atoms with Gasteiger partial charge in [-0.05, 0) is 29.7 Å². The number of hydrazone groups is 1. The van der Waals surface area contributed by atoms with Crippen molar-refractivity contribution in [1.29, 1.82) is 0 Å². The van der Waals surface area contributed by atoms with E-state index in [1.807, 2.05) is 54.6 Å². The molecule has 0 spiro atoms. The van der Waals surface area contributed by atoms with Crippen LogP contribution in [-0.2, 0) is 17.6 Å². The van der Waals surface area contributed by atoms with E-state index >= 15 is 0 Å². The van der Waals surface area contributed by atoms with Crippen LogP contribution < -0.4 is 10.2 Å². The molecule has 2 rings (SSSR count). The van der Waals surface area contributed by atoms with Gasteiger partial charge >= 0.3 is 0 Å². The van der Waals surface area contributed by atoms with Crippen molar-refractivity contribution >= 4 is 12.1 Å². The van der Waals surface area contributed by atoms with Crippen molar-refractivity contribution in [3.8, 4) is 5.75 Å². The van der Waals surface area contributed by atoms with E-state index in [1.165, 1.54) is 5.56 Å². The number of nitrogens with zero attached hydrogens (tertiary/aromatic N) is 1. The fourth-order valence-corrected chi connectivity index (χ4v) is 1.89. The molecular formula is C18H20N2O2. The smallest absolute Gasteiger partial charge is 0.277 e. The Labute approximate surface area is 130 Å². The van der Waals surface area contributed by atoms with Crippen molar-refractivity contribution < 1.29 is 9.53 Å². The van der Waals surface area contributed by atoms with E-state index in [0.29, 0.717) is 12.2 Å². The first kappa shape index (κ1) is 15.8. The summed E-state index contributed by atoms with van der Waals surface area (Å²) in [6.45, 7) is 2.05. The van der Waals surface area contributed by atoms with Crippen LogP contribution in [0.15, 0.2) is 59.7 Å². The third-order valence-electron chi connectivity index (χ3n) is 3.15. The van der Waals surface area contributed by atoms with Crippen LogP contribution >= 0.6 is 0 Å². The molecule has 0 saturated carbocycles. The number of hydrogen-bond donors (Lipinski definition) is 1. The minimum atomic E-state index is -0.274. The Hall–Kier alpha value is -2.62. The normalized spacial score (nSPS) is 10.6. The summed E-state index contributed by atoms with van der Waals surface area (Å²) in [6.07, 6.45) is 3.33. The molecule has 0 heterocycles. The Morgan fingerprint density at radius 3 is 2.50 bits per heavy atom. The molecule has 1 N–H and O–H groups in total. The molecule has 4 nitrogen and oxygen atoms in total. The number of amides is 1. The van der Waals surface area contributed by atoms with Gasteiger partial charge in [0.15, 0.2) is 6.61 Å². The molecule has 114 valence electrons. The topological polar surface area (TPSA) is 50.7 Å². The number of nitrogens with one attached hydrogen (secondary N) is 1. The zero-order valence-electron chi connectivity index (χ0n) is 12.7. The first-order chi connectivity index (χ1) is 10.8. The van der Waals surface area contributed by atoms with Crippen LogP contribution in [0.25, 0.3) is 0 Å². The van der Waals surface area contributed by atoms with Gasteiger partial charge in [-0.25, -0.2) is 5.43 Å². The van der Waals surface area contributed by atoms with Crippen molar-refractivity contribution in [2.45, 2.75) is 19.8 Å². The summed E-state index contributed by atoms with van der Waals surface area (Å²) in [5.41, 5.74) is 4.84. The summed E-state index contributed by atoms with van der Waals surface area (Å²) in [5.74, 6) is 0.407. The lowest BCUT2D eigenvalue weighted by atomic mass is 10.2. The van der Waals surface area contributed by atoms with Gasteiger partial charge in [-0.3, -0.25) is 4.79 Å². The van der Waals surface area contributed by atoms with Crippen molar-refractivity contribution in [2.24, 2.45) is 5.10 Å². The summed E-state index contributed by atoms with van der Waals surface area (Å²) in [5, 5.41) is 3.90. The number of rotatable bonds is 7. The molecule has 1 amide bonds. The molecule has 4 heteroatoms. The average Bonchev–Trinajstić information content (AvgIpc) is 2.58. The number of carbonyl (C=O) groups excluding carboxylic acids is 1. The van der Waals surface area contributed by atoms with Crippen molar-refractivity contribution in [1.82, 2.24) is 5.43 Å². The largest absolute Gasteiger partial charge is 0.484 e. The van der Waals surface area contributed by atoms with E-state index in [4.69, 9.17) is 4.74 Å². The summed E-state index contributed by atoms with van der Waals surface area (Å²) in [6, 6.07) is 17.6. The van der Waals surface area contributed by atoms with E-state index in [1.54, 1.807) is 6.21 Å². The van der Waals surface area contributed by atoms with Gasteiger partial charge in [0.05, 0.1) is 0 Å². The Balaban J connectivity index is 1.69. The fourth-order valence-electron chi connectivity index (χ4n) is 1.89. The number of aryl methyl sites for hydroxylation is 1. The number of benzene rings is 2. The van der Waals surface area contributed by atoms with Gasteiger partial charge in [0.1, 0.15) is 5.75 Å². The van der Waals surface area contributed by atoms with Crippen LogP contribution in [0.3, 0.4) is 0 Å². The third-order valence-corrected chi connectivity index (χ3v) is 3.15. The van der Waals surface area contributed by atoms with Crippen molar-refractivity contribution in [2.75, 3.05) is 6.61 Å². The minimum absolute atomic E-state index is 0.0475. The number of ether oxygens (including phenoxy) is 1. The average molecular weight is 296 g/mol. The Kier molecular flexibility index (Phi) is 6.18. The highest BCUT2D eigenvalue weighted by molar-refractivity contribution is 5.78. The van der Waals surface area contributed by atoms with Gasteiger partial charge in [0.25, 0.3) is 5.91 Å². The van der Waals surface area contributed by atoms with Crippen LogP contribution in [0.2, 0.25) is 0 Å². The van der Waals surface area contributed by atoms with Crippen LogP contribution in [0.5, 0.6) is 5.75 Å². The Bertz CT molecular complexity index is 607. The van der Waals surface area contributed by atoms with Gasteiger partial charge in [0, 0.05) is 12.6 Å². The van der Waals surface area contributed by atoms with Crippen LogP contribution in [0, 0.1) is 0 Å². The second-order valence-electron chi connectivity index (χ2n) is 4.82. The quantitative estimate of drug-likeness (QED) is 0.631. The predicted octanol–water partition coefficient (Wildman–Crippen LogP) is 2.97.